The molecule has 0 aliphatic carbocycles. The topological polar surface area (TPSA) is 38.3 Å². The summed E-state index contributed by atoms with van der Waals surface area (Å²) in [5.41, 5.74) is 2.48. The Hall–Kier alpha value is -1.52. The summed E-state index contributed by atoms with van der Waals surface area (Å²) in [5, 5.41) is 3.01. The van der Waals surface area contributed by atoms with Gasteiger partial charge >= 0.3 is 0 Å². The number of ether oxygens (including phenoxy) is 1. The Balaban J connectivity index is 1.61. The number of hydrogen-bond donors (Lipinski definition) is 1. The van der Waals surface area contributed by atoms with Gasteiger partial charge in [0.15, 0.2) is 0 Å². The van der Waals surface area contributed by atoms with Crippen LogP contribution < -0.4 is 10.1 Å². The van der Waals surface area contributed by atoms with E-state index in [2.05, 4.69) is 17.4 Å². The number of fused-ring (bicyclic) bond motifs is 1. The van der Waals surface area contributed by atoms with Crippen LogP contribution in [0.5, 0.6) is 5.75 Å². The molecule has 0 saturated carbocycles. The van der Waals surface area contributed by atoms with Gasteiger partial charge in [-0.15, -0.1) is 11.3 Å². The van der Waals surface area contributed by atoms with Crippen molar-refractivity contribution in [3.8, 4) is 5.75 Å². The van der Waals surface area contributed by atoms with Crippen molar-refractivity contribution >= 4 is 28.8 Å². The minimum Gasteiger partial charge on any atom is -0.493 e. The Labute approximate surface area is 132 Å². The Morgan fingerprint density at radius 3 is 3.05 bits per heavy atom. The smallest absolute Gasteiger partial charge is 0.261 e. The van der Waals surface area contributed by atoms with Crippen molar-refractivity contribution < 1.29 is 9.53 Å². The first-order valence-electron chi connectivity index (χ1n) is 6.92. The SMILES string of the molecule is C[C@@H](Cc1ccc2c(c1)CCO2)NC(=O)c1ccc(Cl)s1. The molecule has 3 rings (SSSR count). The first kappa shape index (κ1) is 14.4. The second-order valence-electron chi connectivity index (χ2n) is 5.22. The van der Waals surface area contributed by atoms with Crippen LogP contribution in [0.2, 0.25) is 4.34 Å². The molecule has 1 aromatic carbocycles. The second-order valence-corrected chi connectivity index (χ2v) is 6.94. The zero-order valence-electron chi connectivity index (χ0n) is 11.7. The lowest BCUT2D eigenvalue weighted by Gasteiger charge is -2.14. The average Bonchev–Trinajstić information content (AvgIpc) is 3.06. The highest BCUT2D eigenvalue weighted by molar-refractivity contribution is 7.17. The quantitative estimate of drug-likeness (QED) is 0.932. The molecule has 1 aliphatic heterocycles. The highest BCUT2D eigenvalue weighted by Gasteiger charge is 2.15. The number of carbonyl (C=O) groups is 1. The standard InChI is InChI=1S/C16H16ClNO2S/c1-10(18-16(19)14-4-5-15(17)21-14)8-11-2-3-13-12(9-11)6-7-20-13/h2-5,9-10H,6-8H2,1H3,(H,18,19)/t10-/m0/s1. The van der Waals surface area contributed by atoms with Gasteiger partial charge in [0, 0.05) is 12.5 Å². The van der Waals surface area contributed by atoms with E-state index < -0.39 is 0 Å². The molecule has 1 aliphatic rings. The highest BCUT2D eigenvalue weighted by atomic mass is 35.5. The minimum absolute atomic E-state index is 0.0658. The predicted octanol–water partition coefficient (Wildman–Crippen LogP) is 3.70. The lowest BCUT2D eigenvalue weighted by atomic mass is 10.0. The Bertz CT molecular complexity index is 668. The first-order valence-corrected chi connectivity index (χ1v) is 8.12. The molecule has 21 heavy (non-hydrogen) atoms. The van der Waals surface area contributed by atoms with E-state index in [1.165, 1.54) is 22.5 Å². The van der Waals surface area contributed by atoms with E-state index in [-0.39, 0.29) is 11.9 Å². The summed E-state index contributed by atoms with van der Waals surface area (Å²) in [5.74, 6) is 0.924. The summed E-state index contributed by atoms with van der Waals surface area (Å²) >= 11 is 7.15. The lowest BCUT2D eigenvalue weighted by Crippen LogP contribution is -2.33. The summed E-state index contributed by atoms with van der Waals surface area (Å²) in [6.45, 7) is 2.78. The van der Waals surface area contributed by atoms with Crippen LogP contribution >= 0.6 is 22.9 Å². The average molecular weight is 322 g/mol. The van der Waals surface area contributed by atoms with E-state index in [0.717, 1.165) is 25.2 Å². The monoisotopic (exact) mass is 321 g/mol. The molecule has 0 unspecified atom stereocenters. The molecule has 1 aromatic heterocycles. The van der Waals surface area contributed by atoms with Gasteiger partial charge in [-0.25, -0.2) is 0 Å². The molecule has 1 atom stereocenters. The fourth-order valence-corrected chi connectivity index (χ4v) is 3.45. The molecule has 0 bridgehead atoms. The summed E-state index contributed by atoms with van der Waals surface area (Å²) in [7, 11) is 0. The van der Waals surface area contributed by atoms with E-state index in [1.807, 2.05) is 13.0 Å². The maximum atomic E-state index is 12.1. The van der Waals surface area contributed by atoms with Crippen LogP contribution in [0.3, 0.4) is 0 Å². The largest absolute Gasteiger partial charge is 0.493 e. The minimum atomic E-state index is -0.0658. The molecule has 2 heterocycles. The van der Waals surface area contributed by atoms with Crippen LogP contribution in [0.15, 0.2) is 30.3 Å². The fourth-order valence-electron chi connectivity index (χ4n) is 2.50. The molecular formula is C16H16ClNO2S. The van der Waals surface area contributed by atoms with E-state index in [1.54, 1.807) is 12.1 Å². The van der Waals surface area contributed by atoms with Crippen molar-refractivity contribution in [1.29, 1.82) is 0 Å². The molecule has 0 fully saturated rings. The second kappa shape index (κ2) is 6.08. The first-order chi connectivity index (χ1) is 10.1. The molecule has 1 N–H and O–H groups in total. The van der Waals surface area contributed by atoms with Gasteiger partial charge in [-0.3, -0.25) is 4.79 Å². The zero-order chi connectivity index (χ0) is 14.8. The summed E-state index contributed by atoms with van der Waals surface area (Å²) in [6.07, 6.45) is 1.77. The van der Waals surface area contributed by atoms with Gasteiger partial charge in [-0.05, 0) is 42.7 Å². The predicted molar refractivity (Wildman–Crippen MR) is 85.6 cm³/mol. The zero-order valence-corrected chi connectivity index (χ0v) is 13.3. The molecule has 0 saturated heterocycles. The van der Waals surface area contributed by atoms with Crippen LogP contribution in [0.1, 0.15) is 27.7 Å². The third-order valence-electron chi connectivity index (χ3n) is 3.47. The van der Waals surface area contributed by atoms with Crippen LogP contribution in [0.4, 0.5) is 0 Å². The van der Waals surface area contributed by atoms with E-state index in [0.29, 0.717) is 9.21 Å². The third kappa shape index (κ3) is 3.39. The van der Waals surface area contributed by atoms with Gasteiger partial charge < -0.3 is 10.1 Å². The number of nitrogens with one attached hydrogen (secondary N) is 1. The van der Waals surface area contributed by atoms with Gasteiger partial charge in [0.1, 0.15) is 5.75 Å². The molecule has 3 nitrogen and oxygen atoms in total. The molecule has 0 spiro atoms. The van der Waals surface area contributed by atoms with E-state index in [4.69, 9.17) is 16.3 Å². The van der Waals surface area contributed by atoms with Crippen molar-refractivity contribution in [2.75, 3.05) is 6.61 Å². The van der Waals surface area contributed by atoms with Crippen molar-refractivity contribution in [3.63, 3.8) is 0 Å². The molecule has 0 radical (unpaired) electrons. The normalized spacial score (nSPS) is 14.4. The lowest BCUT2D eigenvalue weighted by molar-refractivity contribution is 0.0944. The molecule has 110 valence electrons. The summed E-state index contributed by atoms with van der Waals surface area (Å²) in [6, 6.07) is 9.82. The van der Waals surface area contributed by atoms with E-state index >= 15 is 0 Å². The van der Waals surface area contributed by atoms with Gasteiger partial charge in [0.2, 0.25) is 0 Å². The van der Waals surface area contributed by atoms with Crippen molar-refractivity contribution in [2.45, 2.75) is 25.8 Å². The third-order valence-corrected chi connectivity index (χ3v) is 4.70. The summed E-state index contributed by atoms with van der Waals surface area (Å²) in [4.78, 5) is 12.7. The van der Waals surface area contributed by atoms with Crippen LogP contribution in [0, 0.1) is 0 Å². The van der Waals surface area contributed by atoms with Crippen molar-refractivity contribution in [3.05, 3.63) is 50.7 Å². The highest BCUT2D eigenvalue weighted by Crippen LogP contribution is 2.26. The molecule has 2 aromatic rings. The Morgan fingerprint density at radius 2 is 2.29 bits per heavy atom. The number of thiophene rings is 1. The van der Waals surface area contributed by atoms with Gasteiger partial charge in [-0.2, -0.15) is 0 Å². The number of halogens is 1. The maximum absolute atomic E-state index is 12.1. The van der Waals surface area contributed by atoms with Gasteiger partial charge in [0.05, 0.1) is 15.8 Å². The Kier molecular flexibility index (Phi) is 4.17. The van der Waals surface area contributed by atoms with Gasteiger partial charge in [0.25, 0.3) is 5.91 Å². The number of carbonyl (C=O) groups excluding carboxylic acids is 1. The van der Waals surface area contributed by atoms with Gasteiger partial charge in [-0.1, -0.05) is 23.7 Å². The molecule has 5 heteroatoms. The van der Waals surface area contributed by atoms with E-state index in [9.17, 15) is 4.79 Å². The maximum Gasteiger partial charge on any atom is 0.261 e. The number of benzene rings is 1. The molecular weight excluding hydrogens is 306 g/mol. The van der Waals surface area contributed by atoms with Crippen LogP contribution in [0.25, 0.3) is 0 Å². The fraction of sp³-hybridized carbons (Fsp3) is 0.312. The number of rotatable bonds is 4. The van der Waals surface area contributed by atoms with Crippen molar-refractivity contribution in [2.24, 2.45) is 0 Å². The summed E-state index contributed by atoms with van der Waals surface area (Å²) < 4.78 is 6.13. The number of amides is 1. The van der Waals surface area contributed by atoms with Crippen LogP contribution in [-0.2, 0) is 12.8 Å². The Morgan fingerprint density at radius 1 is 1.43 bits per heavy atom. The van der Waals surface area contributed by atoms with Crippen molar-refractivity contribution in [1.82, 2.24) is 5.32 Å². The molecule has 1 amide bonds. The number of hydrogen-bond acceptors (Lipinski definition) is 3. The van der Waals surface area contributed by atoms with Crippen LogP contribution in [-0.4, -0.2) is 18.6 Å².